The maximum atomic E-state index is 11.6. The normalized spacial score (nSPS) is 16.5. The van der Waals surface area contributed by atoms with Gasteiger partial charge in [0.1, 0.15) is 0 Å². The van der Waals surface area contributed by atoms with Crippen LogP contribution in [0.5, 0.6) is 0 Å². The molecule has 0 spiro atoms. The molecule has 0 amide bonds. The highest BCUT2D eigenvalue weighted by molar-refractivity contribution is 7.17. The van der Waals surface area contributed by atoms with Gasteiger partial charge in [-0.3, -0.25) is 4.79 Å². The van der Waals surface area contributed by atoms with Crippen LogP contribution in [0, 0.1) is 6.92 Å². The van der Waals surface area contributed by atoms with Crippen LogP contribution in [0.25, 0.3) is 0 Å². The number of hydrogen-bond donors (Lipinski definition) is 1. The van der Waals surface area contributed by atoms with Gasteiger partial charge in [-0.15, -0.1) is 0 Å². The van der Waals surface area contributed by atoms with Crippen LogP contribution < -0.4 is 10.6 Å². The molecular weight excluding hydrogens is 222 g/mol. The van der Waals surface area contributed by atoms with E-state index in [1.54, 1.807) is 0 Å². The second-order valence-corrected chi connectivity index (χ2v) is 5.06. The summed E-state index contributed by atoms with van der Waals surface area (Å²) >= 11 is 1.48. The Morgan fingerprint density at radius 1 is 1.44 bits per heavy atom. The molecule has 1 aromatic heterocycles. The first-order valence-electron chi connectivity index (χ1n) is 5.68. The van der Waals surface area contributed by atoms with Crippen molar-refractivity contribution in [2.75, 3.05) is 24.5 Å². The molecule has 2 N–H and O–H groups in total. The molecule has 1 aromatic rings. The number of aromatic nitrogens is 1. The molecule has 5 heteroatoms. The monoisotopic (exact) mass is 239 g/mol. The van der Waals surface area contributed by atoms with Crippen molar-refractivity contribution in [1.82, 2.24) is 4.98 Å². The number of carbonyl (C=O) groups is 1. The Balaban J connectivity index is 2.19. The molecule has 2 rings (SSSR count). The van der Waals surface area contributed by atoms with Crippen LogP contribution in [0.3, 0.4) is 0 Å². The highest BCUT2D eigenvalue weighted by Gasteiger charge is 2.19. The molecule has 0 aromatic carbocycles. The highest BCUT2D eigenvalue weighted by atomic mass is 32.1. The lowest BCUT2D eigenvalue weighted by Crippen LogP contribution is -2.29. The van der Waals surface area contributed by atoms with E-state index in [2.05, 4.69) is 9.88 Å². The topological polar surface area (TPSA) is 59.2 Å². The van der Waals surface area contributed by atoms with E-state index in [1.165, 1.54) is 30.6 Å². The average molecular weight is 239 g/mol. The van der Waals surface area contributed by atoms with Crippen molar-refractivity contribution in [2.24, 2.45) is 5.73 Å². The maximum Gasteiger partial charge on any atom is 0.188 e. The summed E-state index contributed by atoms with van der Waals surface area (Å²) in [4.78, 5) is 19.0. The van der Waals surface area contributed by atoms with E-state index < -0.39 is 0 Å². The predicted molar refractivity (Wildman–Crippen MR) is 66.3 cm³/mol. The summed E-state index contributed by atoms with van der Waals surface area (Å²) in [5.74, 6) is -0.00161. The van der Waals surface area contributed by atoms with Crippen molar-refractivity contribution in [3.05, 3.63) is 10.6 Å². The van der Waals surface area contributed by atoms with Crippen LogP contribution in [0.15, 0.2) is 0 Å². The number of hydrogen-bond acceptors (Lipinski definition) is 5. The van der Waals surface area contributed by atoms with Gasteiger partial charge in [-0.2, -0.15) is 0 Å². The minimum atomic E-state index is -0.00161. The molecule has 0 unspecified atom stereocenters. The lowest BCUT2D eigenvalue weighted by Gasteiger charge is -2.25. The van der Waals surface area contributed by atoms with E-state index in [1.807, 2.05) is 6.92 Å². The van der Waals surface area contributed by atoms with E-state index >= 15 is 0 Å². The van der Waals surface area contributed by atoms with Crippen LogP contribution in [0.4, 0.5) is 5.13 Å². The molecule has 1 saturated heterocycles. The SMILES string of the molecule is Cc1nc(N2CCCCC2)sc1C(=O)CN. The second-order valence-electron chi connectivity index (χ2n) is 4.09. The van der Waals surface area contributed by atoms with E-state index in [0.717, 1.165) is 28.8 Å². The third kappa shape index (κ3) is 2.25. The molecule has 1 fully saturated rings. The quantitative estimate of drug-likeness (QED) is 0.814. The Morgan fingerprint density at radius 3 is 2.75 bits per heavy atom. The lowest BCUT2D eigenvalue weighted by molar-refractivity contribution is 0.100. The van der Waals surface area contributed by atoms with E-state index in [0.29, 0.717) is 0 Å². The molecule has 0 saturated carbocycles. The number of aryl methyl sites for hydroxylation is 1. The molecule has 2 heterocycles. The summed E-state index contributed by atoms with van der Waals surface area (Å²) in [6, 6.07) is 0. The molecule has 0 radical (unpaired) electrons. The fourth-order valence-corrected chi connectivity index (χ4v) is 3.02. The average Bonchev–Trinajstić information content (AvgIpc) is 2.71. The van der Waals surface area contributed by atoms with Crippen molar-refractivity contribution in [3.8, 4) is 0 Å². The number of piperidine rings is 1. The summed E-state index contributed by atoms with van der Waals surface area (Å²) in [7, 11) is 0. The van der Waals surface area contributed by atoms with Gasteiger partial charge in [-0.25, -0.2) is 4.98 Å². The Bertz CT molecular complexity index is 383. The first-order chi connectivity index (χ1) is 7.72. The molecule has 4 nitrogen and oxygen atoms in total. The molecule has 0 atom stereocenters. The number of nitrogens with two attached hydrogens (primary N) is 1. The van der Waals surface area contributed by atoms with E-state index in [-0.39, 0.29) is 12.3 Å². The number of carbonyl (C=O) groups excluding carboxylic acids is 1. The number of ketones is 1. The fourth-order valence-electron chi connectivity index (χ4n) is 1.95. The zero-order valence-electron chi connectivity index (χ0n) is 9.53. The predicted octanol–water partition coefficient (Wildman–Crippen LogP) is 1.58. The maximum absolute atomic E-state index is 11.6. The summed E-state index contributed by atoms with van der Waals surface area (Å²) in [6.45, 7) is 4.07. The molecule has 1 aliphatic rings. The third-order valence-electron chi connectivity index (χ3n) is 2.85. The Kier molecular flexibility index (Phi) is 3.56. The Hall–Kier alpha value is -0.940. The van der Waals surface area contributed by atoms with Crippen molar-refractivity contribution in [2.45, 2.75) is 26.2 Å². The Labute approximate surface area is 99.5 Å². The number of anilines is 1. The highest BCUT2D eigenvalue weighted by Crippen LogP contribution is 2.28. The minimum absolute atomic E-state index is 0.00161. The molecular formula is C11H17N3OS. The molecule has 88 valence electrons. The number of rotatable bonds is 3. The van der Waals surface area contributed by atoms with Gasteiger partial charge >= 0.3 is 0 Å². The van der Waals surface area contributed by atoms with Gasteiger partial charge in [-0.1, -0.05) is 11.3 Å². The van der Waals surface area contributed by atoms with Gasteiger partial charge < -0.3 is 10.6 Å². The van der Waals surface area contributed by atoms with Crippen LogP contribution in [-0.2, 0) is 0 Å². The Morgan fingerprint density at radius 2 is 2.12 bits per heavy atom. The fraction of sp³-hybridized carbons (Fsp3) is 0.636. The third-order valence-corrected chi connectivity index (χ3v) is 4.11. The largest absolute Gasteiger partial charge is 0.348 e. The minimum Gasteiger partial charge on any atom is -0.348 e. The van der Waals surface area contributed by atoms with E-state index in [9.17, 15) is 4.79 Å². The van der Waals surface area contributed by atoms with Gasteiger partial charge in [0, 0.05) is 13.1 Å². The molecule has 1 aliphatic heterocycles. The lowest BCUT2D eigenvalue weighted by atomic mass is 10.1. The smallest absolute Gasteiger partial charge is 0.188 e. The summed E-state index contributed by atoms with van der Waals surface area (Å²) in [6.07, 6.45) is 3.74. The van der Waals surface area contributed by atoms with Gasteiger partial charge in [0.25, 0.3) is 0 Å². The van der Waals surface area contributed by atoms with Gasteiger partial charge in [-0.05, 0) is 26.2 Å². The van der Waals surface area contributed by atoms with E-state index in [4.69, 9.17) is 5.73 Å². The van der Waals surface area contributed by atoms with Gasteiger partial charge in [0.05, 0.1) is 17.1 Å². The van der Waals surface area contributed by atoms with Gasteiger partial charge in [0.15, 0.2) is 10.9 Å². The molecule has 0 bridgehead atoms. The van der Waals surface area contributed by atoms with Crippen LogP contribution in [-0.4, -0.2) is 30.4 Å². The van der Waals surface area contributed by atoms with Crippen molar-refractivity contribution in [1.29, 1.82) is 0 Å². The van der Waals surface area contributed by atoms with Gasteiger partial charge in [0.2, 0.25) is 0 Å². The number of thiazole rings is 1. The van der Waals surface area contributed by atoms with Crippen LogP contribution in [0.1, 0.15) is 34.6 Å². The van der Waals surface area contributed by atoms with Crippen molar-refractivity contribution in [3.63, 3.8) is 0 Å². The summed E-state index contributed by atoms with van der Waals surface area (Å²) < 4.78 is 0. The number of nitrogens with zero attached hydrogens (tertiary/aromatic N) is 2. The standard InChI is InChI=1S/C11H17N3OS/c1-8-10(9(15)7-12)16-11(13-8)14-5-3-2-4-6-14/h2-7,12H2,1H3. The van der Waals surface area contributed by atoms with Crippen LogP contribution in [0.2, 0.25) is 0 Å². The zero-order valence-corrected chi connectivity index (χ0v) is 10.3. The number of Topliss-reactive ketones (excluding diaryl/α,β-unsaturated/α-hetero) is 1. The van der Waals surface area contributed by atoms with Crippen molar-refractivity contribution < 1.29 is 4.79 Å². The first kappa shape index (κ1) is 11.5. The van der Waals surface area contributed by atoms with Crippen LogP contribution >= 0.6 is 11.3 Å². The first-order valence-corrected chi connectivity index (χ1v) is 6.49. The summed E-state index contributed by atoms with van der Waals surface area (Å²) in [5, 5.41) is 0.981. The molecule has 0 aliphatic carbocycles. The molecule has 16 heavy (non-hydrogen) atoms. The summed E-state index contributed by atoms with van der Waals surface area (Å²) in [5.41, 5.74) is 6.20. The zero-order chi connectivity index (χ0) is 11.5. The van der Waals surface area contributed by atoms with Crippen molar-refractivity contribution >= 4 is 22.3 Å². The second kappa shape index (κ2) is 4.93.